The fraction of sp³-hybridized carbons (Fsp3) is 0.333. The number of carboxylic acid groups (broad SMARTS) is 1. The summed E-state index contributed by atoms with van der Waals surface area (Å²) in [6.07, 6.45) is 4.68. The van der Waals surface area contributed by atoms with E-state index < -0.39 is 11.9 Å². The van der Waals surface area contributed by atoms with Crippen LogP contribution in [0.15, 0.2) is 36.4 Å². The highest BCUT2D eigenvalue weighted by atomic mass is 16.4. The summed E-state index contributed by atoms with van der Waals surface area (Å²) in [6, 6.07) is 9.57. The molecular weight excluding hydrogens is 242 g/mol. The molecule has 0 aromatic heterocycles. The molecule has 100 valence electrons. The van der Waals surface area contributed by atoms with Crippen LogP contribution in [0.2, 0.25) is 0 Å². The highest BCUT2D eigenvalue weighted by molar-refractivity contribution is 5.92. The summed E-state index contributed by atoms with van der Waals surface area (Å²) >= 11 is 0. The summed E-state index contributed by atoms with van der Waals surface area (Å²) in [5.74, 6) is -1.36. The van der Waals surface area contributed by atoms with E-state index >= 15 is 0 Å². The zero-order chi connectivity index (χ0) is 13.7. The maximum Gasteiger partial charge on any atom is 0.308 e. The number of hydrogen-bond donors (Lipinski definition) is 1. The van der Waals surface area contributed by atoms with E-state index in [1.807, 2.05) is 30.3 Å². The average molecular weight is 259 g/mol. The van der Waals surface area contributed by atoms with Crippen LogP contribution in [0.3, 0.4) is 0 Å². The molecule has 1 aliphatic heterocycles. The molecule has 0 spiro atoms. The number of carboxylic acids is 1. The summed E-state index contributed by atoms with van der Waals surface area (Å²) in [5.41, 5.74) is 0.961. The van der Waals surface area contributed by atoms with E-state index in [2.05, 4.69) is 0 Å². The molecular formula is C15H17NO3. The van der Waals surface area contributed by atoms with E-state index in [1.165, 1.54) is 6.08 Å². The fourth-order valence-corrected chi connectivity index (χ4v) is 2.22. The monoisotopic (exact) mass is 259 g/mol. The van der Waals surface area contributed by atoms with Crippen molar-refractivity contribution < 1.29 is 14.7 Å². The first-order valence-electron chi connectivity index (χ1n) is 6.41. The minimum absolute atomic E-state index is 0.116. The van der Waals surface area contributed by atoms with E-state index in [4.69, 9.17) is 5.11 Å². The van der Waals surface area contributed by atoms with Crippen LogP contribution in [0.5, 0.6) is 0 Å². The molecule has 4 nitrogen and oxygen atoms in total. The Kier molecular flexibility index (Phi) is 4.34. The molecule has 0 saturated carbocycles. The van der Waals surface area contributed by atoms with Gasteiger partial charge >= 0.3 is 5.97 Å². The van der Waals surface area contributed by atoms with Gasteiger partial charge in [-0.2, -0.15) is 0 Å². The molecule has 1 fully saturated rings. The van der Waals surface area contributed by atoms with Crippen LogP contribution in [0.1, 0.15) is 18.4 Å². The van der Waals surface area contributed by atoms with Gasteiger partial charge in [0.05, 0.1) is 5.92 Å². The van der Waals surface area contributed by atoms with Crippen molar-refractivity contribution in [3.8, 4) is 0 Å². The minimum atomic E-state index is -0.815. The largest absolute Gasteiger partial charge is 0.481 e. The molecule has 1 aromatic rings. The molecule has 1 heterocycles. The summed E-state index contributed by atoms with van der Waals surface area (Å²) in [4.78, 5) is 24.5. The molecule has 19 heavy (non-hydrogen) atoms. The van der Waals surface area contributed by atoms with Gasteiger partial charge in [-0.1, -0.05) is 30.3 Å². The van der Waals surface area contributed by atoms with Crippen LogP contribution in [-0.2, 0) is 9.59 Å². The molecule has 1 saturated heterocycles. The Balaban J connectivity index is 1.96. The molecule has 1 N–H and O–H groups in total. The van der Waals surface area contributed by atoms with Crippen LogP contribution >= 0.6 is 0 Å². The third-order valence-electron chi connectivity index (χ3n) is 3.30. The Morgan fingerprint density at radius 3 is 2.68 bits per heavy atom. The lowest BCUT2D eigenvalue weighted by Crippen LogP contribution is -2.41. The van der Waals surface area contributed by atoms with Crippen LogP contribution in [0, 0.1) is 5.92 Å². The van der Waals surface area contributed by atoms with Gasteiger partial charge in [-0.25, -0.2) is 0 Å². The van der Waals surface area contributed by atoms with Gasteiger partial charge in [0.2, 0.25) is 5.91 Å². The van der Waals surface area contributed by atoms with Crippen molar-refractivity contribution in [2.75, 3.05) is 13.1 Å². The number of piperidine rings is 1. The van der Waals surface area contributed by atoms with Crippen molar-refractivity contribution in [1.29, 1.82) is 0 Å². The topological polar surface area (TPSA) is 57.6 Å². The molecule has 1 amide bonds. The molecule has 0 radical (unpaired) electrons. The van der Waals surface area contributed by atoms with E-state index in [1.54, 1.807) is 11.0 Å². The van der Waals surface area contributed by atoms with Gasteiger partial charge in [-0.3, -0.25) is 9.59 Å². The number of aliphatic carboxylic acids is 1. The van der Waals surface area contributed by atoms with E-state index in [-0.39, 0.29) is 5.91 Å². The molecule has 1 atom stereocenters. The smallest absolute Gasteiger partial charge is 0.308 e. The second-order valence-electron chi connectivity index (χ2n) is 4.71. The summed E-state index contributed by atoms with van der Waals surface area (Å²) in [7, 11) is 0. The lowest BCUT2D eigenvalue weighted by molar-refractivity contribution is -0.144. The van der Waals surface area contributed by atoms with Crippen molar-refractivity contribution in [1.82, 2.24) is 4.90 Å². The molecule has 2 rings (SSSR count). The van der Waals surface area contributed by atoms with Gasteiger partial charge in [0, 0.05) is 19.2 Å². The molecule has 0 aliphatic carbocycles. The van der Waals surface area contributed by atoms with Crippen LogP contribution in [-0.4, -0.2) is 35.0 Å². The zero-order valence-electron chi connectivity index (χ0n) is 10.7. The highest BCUT2D eigenvalue weighted by Gasteiger charge is 2.26. The van der Waals surface area contributed by atoms with Gasteiger partial charge < -0.3 is 10.0 Å². The maximum absolute atomic E-state index is 12.0. The number of likely N-dealkylation sites (tertiary alicyclic amines) is 1. The Labute approximate surface area is 112 Å². The Bertz CT molecular complexity index is 481. The SMILES string of the molecule is O=C(O)[C@@H]1CCCN(C(=O)/C=C/c2ccccc2)C1. The third-order valence-corrected chi connectivity index (χ3v) is 3.30. The van der Waals surface area contributed by atoms with Crippen LogP contribution in [0.4, 0.5) is 0 Å². The van der Waals surface area contributed by atoms with E-state index in [0.717, 1.165) is 12.0 Å². The van der Waals surface area contributed by atoms with Crippen molar-refractivity contribution >= 4 is 18.0 Å². The summed E-state index contributed by atoms with van der Waals surface area (Å²) in [5, 5.41) is 8.99. The second-order valence-corrected chi connectivity index (χ2v) is 4.71. The normalized spacial score (nSPS) is 19.6. The van der Waals surface area contributed by atoms with Crippen molar-refractivity contribution in [3.05, 3.63) is 42.0 Å². The quantitative estimate of drug-likeness (QED) is 0.845. The lowest BCUT2D eigenvalue weighted by atomic mass is 9.98. The van der Waals surface area contributed by atoms with Gasteiger partial charge in [0.1, 0.15) is 0 Å². The number of nitrogens with zero attached hydrogens (tertiary/aromatic N) is 1. The first-order valence-corrected chi connectivity index (χ1v) is 6.41. The van der Waals surface area contributed by atoms with Crippen LogP contribution < -0.4 is 0 Å². The Morgan fingerprint density at radius 1 is 1.26 bits per heavy atom. The van der Waals surface area contributed by atoms with Gasteiger partial charge in [-0.05, 0) is 24.5 Å². The molecule has 1 aromatic carbocycles. The number of carbonyl (C=O) groups is 2. The van der Waals surface area contributed by atoms with Crippen molar-refractivity contribution in [2.45, 2.75) is 12.8 Å². The maximum atomic E-state index is 12.0. The number of hydrogen-bond acceptors (Lipinski definition) is 2. The van der Waals surface area contributed by atoms with Crippen molar-refractivity contribution in [3.63, 3.8) is 0 Å². The van der Waals surface area contributed by atoms with E-state index in [0.29, 0.717) is 19.5 Å². The molecule has 0 unspecified atom stereocenters. The number of benzene rings is 1. The van der Waals surface area contributed by atoms with Gasteiger partial charge in [0.25, 0.3) is 0 Å². The first kappa shape index (κ1) is 13.3. The zero-order valence-corrected chi connectivity index (χ0v) is 10.7. The number of carbonyl (C=O) groups excluding carboxylic acids is 1. The summed E-state index contributed by atoms with van der Waals surface area (Å²) in [6.45, 7) is 0.953. The minimum Gasteiger partial charge on any atom is -0.481 e. The Hall–Kier alpha value is -2.10. The first-order chi connectivity index (χ1) is 9.16. The lowest BCUT2D eigenvalue weighted by Gasteiger charge is -2.29. The highest BCUT2D eigenvalue weighted by Crippen LogP contribution is 2.17. The second kappa shape index (κ2) is 6.18. The number of amides is 1. The van der Waals surface area contributed by atoms with Gasteiger partial charge in [0.15, 0.2) is 0 Å². The number of rotatable bonds is 3. The molecule has 1 aliphatic rings. The Morgan fingerprint density at radius 2 is 2.00 bits per heavy atom. The third kappa shape index (κ3) is 3.68. The standard InChI is InChI=1S/C15H17NO3/c17-14(9-8-12-5-2-1-3-6-12)16-10-4-7-13(11-16)15(18)19/h1-3,5-6,8-9,13H,4,7,10-11H2,(H,18,19)/b9-8+/t13-/m1/s1. The predicted molar refractivity (Wildman–Crippen MR) is 72.4 cm³/mol. The van der Waals surface area contributed by atoms with Crippen molar-refractivity contribution in [2.24, 2.45) is 5.92 Å². The molecule has 0 bridgehead atoms. The molecule has 4 heteroatoms. The predicted octanol–water partition coefficient (Wildman–Crippen LogP) is 2.02. The van der Waals surface area contributed by atoms with Crippen LogP contribution in [0.25, 0.3) is 6.08 Å². The summed E-state index contributed by atoms with van der Waals surface area (Å²) < 4.78 is 0. The van der Waals surface area contributed by atoms with E-state index in [9.17, 15) is 9.59 Å². The fourth-order valence-electron chi connectivity index (χ4n) is 2.22. The van der Waals surface area contributed by atoms with Gasteiger partial charge in [-0.15, -0.1) is 0 Å². The average Bonchev–Trinajstić information content (AvgIpc) is 2.46.